The minimum absolute atomic E-state index is 0.00985. The highest BCUT2D eigenvalue weighted by atomic mass is 35.5. The monoisotopic (exact) mass is 442 g/mol. The van der Waals surface area contributed by atoms with Gasteiger partial charge in [0.15, 0.2) is 5.96 Å². The number of carbonyl (C=O) groups is 1. The molecule has 3 heterocycles. The summed E-state index contributed by atoms with van der Waals surface area (Å²) in [7, 11) is 1.57. The van der Waals surface area contributed by atoms with Crippen LogP contribution in [0.15, 0.2) is 41.5 Å². The molecule has 2 aliphatic rings. The molecule has 1 saturated heterocycles. The summed E-state index contributed by atoms with van der Waals surface area (Å²) in [5, 5.41) is 0.538. The Balaban J connectivity index is 1.70. The Labute approximate surface area is 187 Å². The number of pyridine rings is 1. The van der Waals surface area contributed by atoms with Crippen molar-refractivity contribution < 1.29 is 14.3 Å². The SMILES string of the molecule is COc1cc(-c2cccc([C@]3(C)CC(=O)N([C@H]4CCO[C@@H](C)C4)C(N)=N3)c2Cl)ccn1. The van der Waals surface area contributed by atoms with Crippen molar-refractivity contribution in [3.05, 3.63) is 47.1 Å². The molecule has 0 unspecified atom stereocenters. The van der Waals surface area contributed by atoms with Gasteiger partial charge in [0, 0.05) is 30.5 Å². The van der Waals surface area contributed by atoms with Gasteiger partial charge in [-0.3, -0.25) is 9.69 Å². The smallest absolute Gasteiger partial charge is 0.232 e. The lowest BCUT2D eigenvalue weighted by Crippen LogP contribution is -2.56. The molecular weight excluding hydrogens is 416 g/mol. The van der Waals surface area contributed by atoms with Crippen molar-refractivity contribution in [1.82, 2.24) is 9.88 Å². The summed E-state index contributed by atoms with van der Waals surface area (Å²) in [5.74, 6) is 0.702. The molecule has 8 heteroatoms. The molecule has 0 aliphatic carbocycles. The van der Waals surface area contributed by atoms with Crippen LogP contribution in [0.3, 0.4) is 0 Å². The van der Waals surface area contributed by atoms with E-state index in [1.807, 2.05) is 44.2 Å². The molecular formula is C23H27ClN4O3. The van der Waals surface area contributed by atoms with Crippen LogP contribution in [-0.2, 0) is 15.1 Å². The van der Waals surface area contributed by atoms with E-state index in [9.17, 15) is 4.79 Å². The summed E-state index contributed by atoms with van der Waals surface area (Å²) >= 11 is 6.85. The van der Waals surface area contributed by atoms with E-state index < -0.39 is 5.54 Å². The highest BCUT2D eigenvalue weighted by Crippen LogP contribution is 2.42. The van der Waals surface area contributed by atoms with E-state index in [1.54, 1.807) is 18.2 Å². The lowest BCUT2D eigenvalue weighted by atomic mass is 9.85. The Morgan fingerprint density at radius 1 is 1.35 bits per heavy atom. The van der Waals surface area contributed by atoms with Crippen LogP contribution in [0.1, 0.15) is 38.7 Å². The van der Waals surface area contributed by atoms with Gasteiger partial charge < -0.3 is 15.2 Å². The third-order valence-electron chi connectivity index (χ3n) is 6.03. The Morgan fingerprint density at radius 3 is 2.87 bits per heavy atom. The second-order valence-corrected chi connectivity index (χ2v) is 8.68. The van der Waals surface area contributed by atoms with Crippen LogP contribution < -0.4 is 10.5 Å². The van der Waals surface area contributed by atoms with Gasteiger partial charge in [-0.2, -0.15) is 0 Å². The second kappa shape index (κ2) is 8.48. The molecule has 0 spiro atoms. The van der Waals surface area contributed by atoms with Crippen LogP contribution in [-0.4, -0.2) is 47.6 Å². The summed E-state index contributed by atoms with van der Waals surface area (Å²) in [6.07, 6.45) is 3.46. The first-order valence-corrected chi connectivity index (χ1v) is 10.8. The number of nitrogens with two attached hydrogens (primary N) is 1. The summed E-state index contributed by atoms with van der Waals surface area (Å²) in [6.45, 7) is 4.53. The third kappa shape index (κ3) is 4.12. The van der Waals surface area contributed by atoms with Gasteiger partial charge in [-0.25, -0.2) is 9.98 Å². The first kappa shape index (κ1) is 21.6. The van der Waals surface area contributed by atoms with Crippen LogP contribution in [0.25, 0.3) is 11.1 Å². The lowest BCUT2D eigenvalue weighted by Gasteiger charge is -2.41. The Hall–Kier alpha value is -2.64. The lowest BCUT2D eigenvalue weighted by molar-refractivity contribution is -0.133. The topological polar surface area (TPSA) is 90.0 Å². The molecule has 2 aromatic rings. The number of aromatic nitrogens is 1. The number of amides is 1. The molecule has 1 fully saturated rings. The molecule has 0 saturated carbocycles. The van der Waals surface area contributed by atoms with Crippen molar-refractivity contribution in [2.45, 2.75) is 50.8 Å². The predicted molar refractivity (Wildman–Crippen MR) is 120 cm³/mol. The molecule has 4 rings (SSSR count). The number of aliphatic imine (C=N–C) groups is 1. The van der Waals surface area contributed by atoms with Crippen molar-refractivity contribution in [1.29, 1.82) is 0 Å². The zero-order valence-corrected chi connectivity index (χ0v) is 18.7. The van der Waals surface area contributed by atoms with E-state index in [0.29, 0.717) is 17.5 Å². The van der Waals surface area contributed by atoms with E-state index in [2.05, 4.69) is 4.98 Å². The summed E-state index contributed by atoms with van der Waals surface area (Å²) < 4.78 is 10.9. The van der Waals surface area contributed by atoms with Crippen molar-refractivity contribution in [3.63, 3.8) is 0 Å². The average molecular weight is 443 g/mol. The Morgan fingerprint density at radius 2 is 2.16 bits per heavy atom. The van der Waals surface area contributed by atoms with Crippen molar-refractivity contribution in [3.8, 4) is 17.0 Å². The second-order valence-electron chi connectivity index (χ2n) is 8.30. The van der Waals surface area contributed by atoms with Crippen molar-refractivity contribution in [2.75, 3.05) is 13.7 Å². The quantitative estimate of drug-likeness (QED) is 0.778. The fourth-order valence-electron chi connectivity index (χ4n) is 4.47. The van der Waals surface area contributed by atoms with Gasteiger partial charge in [0.2, 0.25) is 11.8 Å². The number of ether oxygens (including phenoxy) is 2. The average Bonchev–Trinajstić information content (AvgIpc) is 2.73. The largest absolute Gasteiger partial charge is 0.481 e. The number of benzene rings is 1. The van der Waals surface area contributed by atoms with E-state index >= 15 is 0 Å². The van der Waals surface area contributed by atoms with Crippen LogP contribution >= 0.6 is 11.6 Å². The number of hydrogen-bond donors (Lipinski definition) is 1. The standard InChI is InChI=1S/C23H27ClN4O3/c1-14-11-16(8-10-31-14)28-20(29)13-23(2,27-22(28)25)18-6-4-5-17(21(18)24)15-7-9-26-19(12-15)30-3/h4-7,9,12,14,16H,8,10-11,13H2,1-3H3,(H2,25,27)/t14-,16-,23-/m0/s1. The predicted octanol–water partition coefficient (Wildman–Crippen LogP) is 3.74. The molecule has 31 heavy (non-hydrogen) atoms. The highest BCUT2D eigenvalue weighted by molar-refractivity contribution is 6.34. The third-order valence-corrected chi connectivity index (χ3v) is 6.44. The molecule has 0 bridgehead atoms. The van der Waals surface area contributed by atoms with Crippen LogP contribution in [0.4, 0.5) is 0 Å². The van der Waals surface area contributed by atoms with Gasteiger partial charge in [0.1, 0.15) is 0 Å². The minimum Gasteiger partial charge on any atom is -0.481 e. The highest BCUT2D eigenvalue weighted by Gasteiger charge is 2.42. The number of halogens is 1. The summed E-state index contributed by atoms with van der Waals surface area (Å²) in [4.78, 5) is 23.8. The number of carbonyl (C=O) groups excluding carboxylic acids is 1. The van der Waals surface area contributed by atoms with Crippen molar-refractivity contribution >= 4 is 23.5 Å². The summed E-state index contributed by atoms with van der Waals surface area (Å²) in [6, 6.07) is 9.45. The zero-order valence-electron chi connectivity index (χ0n) is 18.0. The normalized spacial score (nSPS) is 26.5. The number of nitrogens with zero attached hydrogens (tertiary/aromatic N) is 3. The van der Waals surface area contributed by atoms with E-state index in [4.69, 9.17) is 31.8 Å². The first-order valence-electron chi connectivity index (χ1n) is 10.4. The Bertz CT molecular complexity index is 1030. The van der Waals surface area contributed by atoms with E-state index in [1.165, 1.54) is 0 Å². The molecule has 1 aromatic heterocycles. The fourth-order valence-corrected chi connectivity index (χ4v) is 4.91. The molecule has 3 atom stereocenters. The van der Waals surface area contributed by atoms with Gasteiger partial charge in [0.25, 0.3) is 0 Å². The van der Waals surface area contributed by atoms with Crippen molar-refractivity contribution in [2.24, 2.45) is 10.7 Å². The van der Waals surface area contributed by atoms with Crippen LogP contribution in [0.5, 0.6) is 5.88 Å². The molecule has 2 N–H and O–H groups in total. The molecule has 164 valence electrons. The maximum atomic E-state index is 13.2. The maximum Gasteiger partial charge on any atom is 0.232 e. The van der Waals surface area contributed by atoms with Gasteiger partial charge in [-0.05, 0) is 43.9 Å². The number of methoxy groups -OCH3 is 1. The molecule has 0 radical (unpaired) electrons. The van der Waals surface area contributed by atoms with Gasteiger partial charge in [-0.15, -0.1) is 0 Å². The zero-order chi connectivity index (χ0) is 22.2. The molecule has 7 nitrogen and oxygen atoms in total. The first-order chi connectivity index (χ1) is 14.8. The van der Waals surface area contributed by atoms with Crippen LogP contribution in [0, 0.1) is 0 Å². The summed E-state index contributed by atoms with van der Waals surface area (Å²) in [5.41, 5.74) is 7.95. The van der Waals surface area contributed by atoms with Gasteiger partial charge in [0.05, 0.1) is 30.2 Å². The van der Waals surface area contributed by atoms with Gasteiger partial charge >= 0.3 is 0 Å². The number of guanidine groups is 1. The Kier molecular flexibility index (Phi) is 5.90. The number of hydrogen-bond acceptors (Lipinski definition) is 6. The van der Waals surface area contributed by atoms with E-state index in [-0.39, 0.29) is 30.4 Å². The number of rotatable bonds is 4. The molecule has 1 aromatic carbocycles. The minimum atomic E-state index is -0.849. The van der Waals surface area contributed by atoms with Crippen LogP contribution in [0.2, 0.25) is 5.02 Å². The maximum absolute atomic E-state index is 13.2. The fraction of sp³-hybridized carbons (Fsp3) is 0.435. The van der Waals surface area contributed by atoms with Gasteiger partial charge in [-0.1, -0.05) is 29.8 Å². The molecule has 1 amide bonds. The van der Waals surface area contributed by atoms with E-state index in [0.717, 1.165) is 29.5 Å². The molecule has 2 aliphatic heterocycles.